The van der Waals surface area contributed by atoms with Crippen LogP contribution in [0.25, 0.3) is 44.2 Å². The fraction of sp³-hybridized carbons (Fsp3) is 0. The molecule has 0 N–H and O–H groups in total. The highest BCUT2D eigenvalue weighted by atomic mass is 16.6. The number of carbonyl (C=O) groups excluding carboxylic acids is 1. The summed E-state index contributed by atoms with van der Waals surface area (Å²) in [5, 5.41) is 13.1. The average molecular weight is 403 g/mol. The van der Waals surface area contributed by atoms with Gasteiger partial charge in [-0.05, 0) is 23.8 Å². The highest BCUT2D eigenvalue weighted by Gasteiger charge is 2.33. The van der Waals surface area contributed by atoms with E-state index in [0.717, 1.165) is 21.9 Å². The van der Waals surface area contributed by atoms with Crippen molar-refractivity contribution in [3.05, 3.63) is 100 Å². The first-order valence-electron chi connectivity index (χ1n) is 9.74. The van der Waals surface area contributed by atoms with E-state index in [1.54, 1.807) is 24.4 Å². The second-order valence-corrected chi connectivity index (χ2v) is 7.42. The molecule has 6 nitrogen and oxygen atoms in total. The van der Waals surface area contributed by atoms with Crippen molar-refractivity contribution in [2.45, 2.75) is 0 Å². The topological polar surface area (TPSA) is 86.0 Å². The molecule has 1 aliphatic carbocycles. The number of ketones is 1. The fourth-order valence-corrected chi connectivity index (χ4v) is 4.42. The Balaban J connectivity index is 1.83. The summed E-state index contributed by atoms with van der Waals surface area (Å²) in [6, 6.07) is 21.3. The second-order valence-electron chi connectivity index (χ2n) is 7.42. The van der Waals surface area contributed by atoms with Gasteiger partial charge in [-0.25, -0.2) is 4.98 Å². The third-order valence-corrected chi connectivity index (χ3v) is 5.73. The Labute approximate surface area is 176 Å². The van der Waals surface area contributed by atoms with Crippen LogP contribution < -0.4 is 0 Å². The van der Waals surface area contributed by atoms with Gasteiger partial charge < -0.3 is 0 Å². The number of nitro groups is 1. The number of hydrogen-bond acceptors (Lipinski definition) is 5. The first-order valence-corrected chi connectivity index (χ1v) is 9.74. The van der Waals surface area contributed by atoms with Gasteiger partial charge in [0.15, 0.2) is 5.78 Å². The summed E-state index contributed by atoms with van der Waals surface area (Å²) in [4.78, 5) is 33.8. The molecule has 2 aromatic heterocycles. The zero-order chi connectivity index (χ0) is 21.1. The quantitative estimate of drug-likeness (QED) is 0.214. The summed E-state index contributed by atoms with van der Waals surface area (Å²) in [6.45, 7) is 0. The summed E-state index contributed by atoms with van der Waals surface area (Å²) in [5.41, 5.74) is 5.17. The standard InChI is InChI=1S/C25H13N3O3/c29-25-17-8-2-1-7-16(17)24-23(25)21(14-5-3-6-15(13-14)28(30)31)22-18-9-4-12-26-19(18)10-11-20(22)27-24/h1-13H. The van der Waals surface area contributed by atoms with Gasteiger partial charge in [0.05, 0.1) is 27.2 Å². The molecule has 2 heterocycles. The Morgan fingerprint density at radius 2 is 1.61 bits per heavy atom. The smallest absolute Gasteiger partial charge is 0.270 e. The Hall–Kier alpha value is -4.45. The largest absolute Gasteiger partial charge is 0.288 e. The summed E-state index contributed by atoms with van der Waals surface area (Å²) in [5.74, 6) is -0.123. The first-order chi connectivity index (χ1) is 15.1. The lowest BCUT2D eigenvalue weighted by molar-refractivity contribution is -0.384. The molecule has 0 radical (unpaired) electrons. The number of pyridine rings is 2. The van der Waals surface area contributed by atoms with Crippen LogP contribution in [0.3, 0.4) is 0 Å². The monoisotopic (exact) mass is 403 g/mol. The Bertz CT molecular complexity index is 1590. The summed E-state index contributed by atoms with van der Waals surface area (Å²) < 4.78 is 0. The minimum absolute atomic E-state index is 0.0301. The number of rotatable bonds is 2. The number of benzene rings is 3. The van der Waals surface area contributed by atoms with Crippen molar-refractivity contribution in [2.75, 3.05) is 0 Å². The maximum Gasteiger partial charge on any atom is 0.270 e. The maximum absolute atomic E-state index is 13.5. The van der Waals surface area contributed by atoms with Crippen molar-refractivity contribution >= 4 is 33.3 Å². The molecule has 0 aliphatic heterocycles. The molecule has 0 saturated heterocycles. The summed E-state index contributed by atoms with van der Waals surface area (Å²) in [6.07, 6.45) is 1.71. The van der Waals surface area contributed by atoms with E-state index in [9.17, 15) is 14.9 Å². The molecule has 1 aliphatic rings. The van der Waals surface area contributed by atoms with Crippen LogP contribution in [0.4, 0.5) is 5.69 Å². The molecule has 3 aromatic carbocycles. The normalized spacial score (nSPS) is 12.2. The predicted molar refractivity (Wildman–Crippen MR) is 118 cm³/mol. The maximum atomic E-state index is 13.5. The molecule has 6 rings (SSSR count). The van der Waals surface area contributed by atoms with Gasteiger partial charge in [-0.3, -0.25) is 19.9 Å². The van der Waals surface area contributed by atoms with E-state index in [0.29, 0.717) is 33.5 Å². The Morgan fingerprint density at radius 3 is 2.45 bits per heavy atom. The van der Waals surface area contributed by atoms with Crippen LogP contribution in [0.5, 0.6) is 0 Å². The Kier molecular flexibility index (Phi) is 3.52. The van der Waals surface area contributed by atoms with Crippen molar-refractivity contribution in [1.29, 1.82) is 0 Å². The van der Waals surface area contributed by atoms with Gasteiger partial charge in [0.1, 0.15) is 0 Å². The molecule has 31 heavy (non-hydrogen) atoms. The Morgan fingerprint density at radius 1 is 0.806 bits per heavy atom. The van der Waals surface area contributed by atoms with E-state index >= 15 is 0 Å². The lowest BCUT2D eigenvalue weighted by Crippen LogP contribution is -2.01. The van der Waals surface area contributed by atoms with E-state index in [-0.39, 0.29) is 11.5 Å². The van der Waals surface area contributed by atoms with Gasteiger partial charge in [0.25, 0.3) is 5.69 Å². The van der Waals surface area contributed by atoms with Gasteiger partial charge in [0, 0.05) is 45.8 Å². The van der Waals surface area contributed by atoms with Gasteiger partial charge in [-0.1, -0.05) is 42.5 Å². The second kappa shape index (κ2) is 6.27. The minimum Gasteiger partial charge on any atom is -0.288 e. The fourth-order valence-electron chi connectivity index (χ4n) is 4.42. The van der Waals surface area contributed by atoms with Gasteiger partial charge >= 0.3 is 0 Å². The molecule has 146 valence electrons. The highest BCUT2D eigenvalue weighted by molar-refractivity contribution is 6.28. The number of nitro benzene ring substituents is 1. The van der Waals surface area contributed by atoms with E-state index in [1.165, 1.54) is 12.1 Å². The number of hydrogen-bond donors (Lipinski definition) is 0. The number of aromatic nitrogens is 2. The van der Waals surface area contributed by atoms with Crippen molar-refractivity contribution in [1.82, 2.24) is 9.97 Å². The molecule has 6 heteroatoms. The van der Waals surface area contributed by atoms with Crippen LogP contribution in [0, 0.1) is 10.1 Å². The number of non-ortho nitro benzene ring substituents is 1. The molecular weight excluding hydrogens is 390 g/mol. The number of fused-ring (bicyclic) bond motifs is 6. The zero-order valence-electron chi connectivity index (χ0n) is 16.1. The van der Waals surface area contributed by atoms with Crippen molar-refractivity contribution in [3.63, 3.8) is 0 Å². The van der Waals surface area contributed by atoms with Gasteiger partial charge in [-0.15, -0.1) is 0 Å². The average Bonchev–Trinajstić information content (AvgIpc) is 3.09. The first kappa shape index (κ1) is 17.4. The lowest BCUT2D eigenvalue weighted by Gasteiger charge is -2.14. The van der Waals surface area contributed by atoms with Crippen LogP contribution in [-0.2, 0) is 0 Å². The molecule has 0 amide bonds. The van der Waals surface area contributed by atoms with E-state index in [2.05, 4.69) is 4.98 Å². The van der Waals surface area contributed by atoms with E-state index in [4.69, 9.17) is 4.98 Å². The SMILES string of the molecule is O=C1c2ccccc2-c2nc3ccc4ncccc4c3c(-c3cccc([N+](=O)[O-])c3)c21. The summed E-state index contributed by atoms with van der Waals surface area (Å²) in [7, 11) is 0. The van der Waals surface area contributed by atoms with Gasteiger partial charge in [-0.2, -0.15) is 0 Å². The van der Waals surface area contributed by atoms with Crippen LogP contribution in [-0.4, -0.2) is 20.7 Å². The van der Waals surface area contributed by atoms with Crippen molar-refractivity contribution in [2.24, 2.45) is 0 Å². The third-order valence-electron chi connectivity index (χ3n) is 5.73. The molecule has 0 bridgehead atoms. The molecule has 0 spiro atoms. The molecule has 0 saturated carbocycles. The summed E-state index contributed by atoms with van der Waals surface area (Å²) >= 11 is 0. The lowest BCUT2D eigenvalue weighted by atomic mass is 9.91. The molecule has 5 aromatic rings. The van der Waals surface area contributed by atoms with Crippen molar-refractivity contribution < 1.29 is 9.72 Å². The molecule has 0 unspecified atom stereocenters. The number of carbonyl (C=O) groups is 1. The van der Waals surface area contributed by atoms with E-state index in [1.807, 2.05) is 42.5 Å². The predicted octanol–water partition coefficient (Wildman–Crippen LogP) is 5.57. The highest BCUT2D eigenvalue weighted by Crippen LogP contribution is 2.45. The van der Waals surface area contributed by atoms with Crippen molar-refractivity contribution in [3.8, 4) is 22.4 Å². The zero-order valence-corrected chi connectivity index (χ0v) is 16.1. The molecule has 0 atom stereocenters. The van der Waals surface area contributed by atoms with Crippen LogP contribution in [0.15, 0.2) is 79.0 Å². The van der Waals surface area contributed by atoms with E-state index < -0.39 is 4.92 Å². The van der Waals surface area contributed by atoms with Crippen LogP contribution in [0.2, 0.25) is 0 Å². The minimum atomic E-state index is -0.427. The third kappa shape index (κ3) is 2.42. The van der Waals surface area contributed by atoms with Crippen LogP contribution in [0.1, 0.15) is 15.9 Å². The molecule has 0 fully saturated rings. The van der Waals surface area contributed by atoms with Gasteiger partial charge in [0.2, 0.25) is 0 Å². The molecular formula is C25H13N3O3. The van der Waals surface area contributed by atoms with Crippen LogP contribution >= 0.6 is 0 Å². The number of nitrogens with zero attached hydrogens (tertiary/aromatic N) is 3.